The average molecular weight is 483 g/mol. The third-order valence-electron chi connectivity index (χ3n) is 4.65. The molecule has 0 radical (unpaired) electrons. The van der Waals surface area contributed by atoms with E-state index in [9.17, 15) is 39.3 Å². The average Bonchev–Trinajstić information content (AvgIpc) is 2.79. The monoisotopic (exact) mass is 483 g/mol. The molecule has 34 heavy (non-hydrogen) atoms. The summed E-state index contributed by atoms with van der Waals surface area (Å²) in [6.07, 6.45) is -0.719. The minimum atomic E-state index is -1.59. The van der Waals surface area contributed by atoms with Crippen LogP contribution >= 0.6 is 0 Å². The standard InChI is InChI=1S/C20H29N5O9/c21-12(8-26)17(30)23-13(5-6-16(22)29)18(31)25-15(9-27)19(32)24-14(20(33)34)7-10-1-3-11(28)4-2-10/h1-4,12-15,26-28H,5-9,21H2,(H2,22,29)(H,23,30)(H,24,32)(H,25,31)(H,33,34). The van der Waals surface area contributed by atoms with E-state index >= 15 is 0 Å². The largest absolute Gasteiger partial charge is 0.508 e. The molecule has 0 spiro atoms. The fourth-order valence-electron chi connectivity index (χ4n) is 2.72. The number of aliphatic hydroxyl groups excluding tert-OH is 2. The molecular formula is C20H29N5O9. The van der Waals surface area contributed by atoms with E-state index in [1.807, 2.05) is 0 Å². The number of benzene rings is 1. The number of carboxylic acid groups (broad SMARTS) is 1. The zero-order chi connectivity index (χ0) is 25.8. The number of nitrogens with one attached hydrogen (secondary N) is 3. The number of aromatic hydroxyl groups is 1. The highest BCUT2D eigenvalue weighted by molar-refractivity contribution is 5.94. The summed E-state index contributed by atoms with van der Waals surface area (Å²) in [6.45, 7) is -1.62. The molecule has 0 saturated heterocycles. The second-order valence-corrected chi connectivity index (χ2v) is 7.37. The van der Waals surface area contributed by atoms with Crippen molar-refractivity contribution >= 4 is 29.6 Å². The summed E-state index contributed by atoms with van der Waals surface area (Å²) in [4.78, 5) is 59.7. The molecule has 0 aliphatic rings. The Morgan fingerprint density at radius 3 is 1.85 bits per heavy atom. The highest BCUT2D eigenvalue weighted by Crippen LogP contribution is 2.11. The number of carboxylic acids is 1. The van der Waals surface area contributed by atoms with Gasteiger partial charge in [-0.25, -0.2) is 4.79 Å². The van der Waals surface area contributed by atoms with Crippen LogP contribution in [0.1, 0.15) is 18.4 Å². The van der Waals surface area contributed by atoms with Gasteiger partial charge < -0.3 is 47.8 Å². The molecule has 1 rings (SSSR count). The van der Waals surface area contributed by atoms with E-state index in [0.29, 0.717) is 5.56 Å². The number of amides is 4. The van der Waals surface area contributed by atoms with Gasteiger partial charge in [0, 0.05) is 12.8 Å². The number of aliphatic carboxylic acids is 1. The number of primary amides is 1. The Bertz CT molecular complexity index is 878. The number of carbonyl (C=O) groups is 5. The molecule has 0 aliphatic heterocycles. The Balaban J connectivity index is 2.89. The molecule has 4 unspecified atom stereocenters. The van der Waals surface area contributed by atoms with Gasteiger partial charge >= 0.3 is 5.97 Å². The molecule has 0 heterocycles. The maximum atomic E-state index is 12.6. The lowest BCUT2D eigenvalue weighted by Crippen LogP contribution is -2.58. The van der Waals surface area contributed by atoms with Crippen molar-refractivity contribution in [3.63, 3.8) is 0 Å². The van der Waals surface area contributed by atoms with Crippen molar-refractivity contribution < 1.29 is 44.4 Å². The van der Waals surface area contributed by atoms with Gasteiger partial charge in [0.1, 0.15) is 29.9 Å². The lowest BCUT2D eigenvalue weighted by molar-refractivity contribution is -0.142. The van der Waals surface area contributed by atoms with E-state index in [4.69, 9.17) is 16.6 Å². The van der Waals surface area contributed by atoms with Crippen LogP contribution in [0.4, 0.5) is 0 Å². The Morgan fingerprint density at radius 2 is 1.35 bits per heavy atom. The minimum absolute atomic E-state index is 0.0272. The first kappa shape index (κ1) is 28.3. The molecule has 0 bridgehead atoms. The van der Waals surface area contributed by atoms with Gasteiger partial charge in [-0.05, 0) is 24.1 Å². The normalized spacial score (nSPS) is 14.2. The summed E-state index contributed by atoms with van der Waals surface area (Å²) in [5.74, 6) is -5.08. The number of hydrogen-bond donors (Lipinski definition) is 9. The molecule has 0 aliphatic carbocycles. The van der Waals surface area contributed by atoms with E-state index < -0.39 is 67.0 Å². The molecule has 0 aromatic heterocycles. The van der Waals surface area contributed by atoms with Crippen LogP contribution in [0.2, 0.25) is 0 Å². The van der Waals surface area contributed by atoms with Crippen LogP contribution in [0.5, 0.6) is 5.75 Å². The molecule has 1 aromatic carbocycles. The maximum Gasteiger partial charge on any atom is 0.326 e. The van der Waals surface area contributed by atoms with Crippen molar-refractivity contribution in [2.24, 2.45) is 11.5 Å². The summed E-state index contributed by atoms with van der Waals surface area (Å²) >= 11 is 0. The summed E-state index contributed by atoms with van der Waals surface area (Å²) in [5.41, 5.74) is 10.9. The van der Waals surface area contributed by atoms with E-state index in [0.717, 1.165) is 0 Å². The lowest BCUT2D eigenvalue weighted by atomic mass is 10.1. The van der Waals surface area contributed by atoms with E-state index in [1.165, 1.54) is 24.3 Å². The number of nitrogens with two attached hydrogens (primary N) is 2. The van der Waals surface area contributed by atoms with Gasteiger partial charge in [-0.3, -0.25) is 19.2 Å². The van der Waals surface area contributed by atoms with Crippen molar-refractivity contribution in [3.8, 4) is 5.75 Å². The number of aliphatic hydroxyl groups is 2. The van der Waals surface area contributed by atoms with Gasteiger partial charge in [0.05, 0.1) is 13.2 Å². The maximum absolute atomic E-state index is 12.6. The van der Waals surface area contributed by atoms with Crippen LogP contribution in [0, 0.1) is 0 Å². The van der Waals surface area contributed by atoms with Gasteiger partial charge in [-0.2, -0.15) is 0 Å². The van der Waals surface area contributed by atoms with Crippen LogP contribution in [0.25, 0.3) is 0 Å². The molecule has 14 nitrogen and oxygen atoms in total. The van der Waals surface area contributed by atoms with Crippen molar-refractivity contribution in [3.05, 3.63) is 29.8 Å². The Labute approximate surface area is 194 Å². The van der Waals surface area contributed by atoms with Crippen molar-refractivity contribution in [1.82, 2.24) is 16.0 Å². The topological polar surface area (TPSA) is 254 Å². The Hall–Kier alpha value is -3.75. The third-order valence-corrected chi connectivity index (χ3v) is 4.65. The second kappa shape index (κ2) is 13.7. The van der Waals surface area contributed by atoms with Gasteiger partial charge in [0.2, 0.25) is 23.6 Å². The van der Waals surface area contributed by atoms with Crippen LogP contribution in [0.3, 0.4) is 0 Å². The molecule has 11 N–H and O–H groups in total. The van der Waals surface area contributed by atoms with Crippen LogP contribution in [-0.2, 0) is 30.4 Å². The summed E-state index contributed by atoms with van der Waals surface area (Å²) in [5, 5.41) is 43.9. The number of phenols is 1. The van der Waals surface area contributed by atoms with Crippen LogP contribution in [-0.4, -0.2) is 87.4 Å². The van der Waals surface area contributed by atoms with Crippen molar-refractivity contribution in [2.45, 2.75) is 43.4 Å². The molecule has 188 valence electrons. The fraction of sp³-hybridized carbons (Fsp3) is 0.450. The molecule has 0 fully saturated rings. The van der Waals surface area contributed by atoms with Crippen molar-refractivity contribution in [1.29, 1.82) is 0 Å². The number of phenolic OH excluding ortho intramolecular Hbond substituents is 1. The zero-order valence-electron chi connectivity index (χ0n) is 18.1. The molecule has 14 heteroatoms. The highest BCUT2D eigenvalue weighted by atomic mass is 16.4. The van der Waals surface area contributed by atoms with E-state index in [2.05, 4.69) is 16.0 Å². The predicted molar refractivity (Wildman–Crippen MR) is 116 cm³/mol. The van der Waals surface area contributed by atoms with E-state index in [-0.39, 0.29) is 25.0 Å². The summed E-state index contributed by atoms with van der Waals surface area (Å²) in [7, 11) is 0. The first-order valence-corrected chi connectivity index (χ1v) is 10.2. The van der Waals surface area contributed by atoms with Gasteiger partial charge in [0.25, 0.3) is 0 Å². The first-order chi connectivity index (χ1) is 16.0. The Morgan fingerprint density at radius 1 is 0.824 bits per heavy atom. The SMILES string of the molecule is NC(=O)CCC(NC(=O)C(N)CO)C(=O)NC(CO)C(=O)NC(Cc1ccc(O)cc1)C(=O)O. The quantitative estimate of drug-likeness (QED) is 0.124. The number of hydrogen-bond acceptors (Lipinski definition) is 9. The molecule has 0 saturated carbocycles. The number of carbonyl (C=O) groups excluding carboxylic acids is 4. The van der Waals surface area contributed by atoms with Crippen LogP contribution in [0.15, 0.2) is 24.3 Å². The summed E-state index contributed by atoms with van der Waals surface area (Å²) in [6, 6.07) is -0.127. The zero-order valence-corrected chi connectivity index (χ0v) is 18.1. The van der Waals surface area contributed by atoms with Crippen molar-refractivity contribution in [2.75, 3.05) is 13.2 Å². The molecular weight excluding hydrogens is 454 g/mol. The minimum Gasteiger partial charge on any atom is -0.508 e. The molecule has 4 atom stereocenters. The number of rotatable bonds is 14. The Kier molecular flexibility index (Phi) is 11.4. The smallest absolute Gasteiger partial charge is 0.326 e. The highest BCUT2D eigenvalue weighted by Gasteiger charge is 2.30. The fourth-order valence-corrected chi connectivity index (χ4v) is 2.72. The van der Waals surface area contributed by atoms with Gasteiger partial charge in [0.15, 0.2) is 0 Å². The van der Waals surface area contributed by atoms with Crippen LogP contribution < -0.4 is 27.4 Å². The molecule has 4 amide bonds. The molecule has 1 aromatic rings. The van der Waals surface area contributed by atoms with Gasteiger partial charge in [-0.1, -0.05) is 12.1 Å². The lowest BCUT2D eigenvalue weighted by Gasteiger charge is -2.24. The summed E-state index contributed by atoms with van der Waals surface area (Å²) < 4.78 is 0. The second-order valence-electron chi connectivity index (χ2n) is 7.37. The third kappa shape index (κ3) is 9.40. The first-order valence-electron chi connectivity index (χ1n) is 10.2. The van der Waals surface area contributed by atoms with Gasteiger partial charge in [-0.15, -0.1) is 0 Å². The predicted octanol–water partition coefficient (Wildman–Crippen LogP) is -3.95. The van der Waals surface area contributed by atoms with E-state index in [1.54, 1.807) is 0 Å².